The van der Waals surface area contributed by atoms with E-state index in [9.17, 15) is 4.79 Å². The lowest BCUT2D eigenvalue weighted by Crippen LogP contribution is -2.29. The summed E-state index contributed by atoms with van der Waals surface area (Å²) in [5.41, 5.74) is 1.05. The maximum atomic E-state index is 11.4. The van der Waals surface area contributed by atoms with Crippen LogP contribution in [-0.2, 0) is 4.79 Å². The third-order valence-electron chi connectivity index (χ3n) is 2.30. The van der Waals surface area contributed by atoms with Gasteiger partial charge in [0.1, 0.15) is 5.75 Å². The number of unbranched alkanes of at least 4 members (excludes halogenated alkanes) is 1. The van der Waals surface area contributed by atoms with Crippen molar-refractivity contribution in [1.29, 1.82) is 0 Å². The Morgan fingerprint density at radius 3 is 2.94 bits per heavy atom. The van der Waals surface area contributed by atoms with Gasteiger partial charge in [0.25, 0.3) is 5.91 Å². The summed E-state index contributed by atoms with van der Waals surface area (Å²) in [6.07, 6.45) is 2.04. The Hall–Kier alpha value is -1.22. The zero-order valence-corrected chi connectivity index (χ0v) is 11.0. The molecule has 94 valence electrons. The standard InChI is InChI=1S/C13H18ClNO2/c1-3-4-7-15-13(16)9-17-12-8-10(2)5-6-11(12)14/h5-6,8H,3-4,7,9H2,1-2H3,(H,15,16). The summed E-state index contributed by atoms with van der Waals surface area (Å²) < 4.78 is 5.37. The summed E-state index contributed by atoms with van der Waals surface area (Å²) in [5, 5.41) is 3.31. The number of aryl methyl sites for hydroxylation is 1. The summed E-state index contributed by atoms with van der Waals surface area (Å²) in [6, 6.07) is 5.49. The van der Waals surface area contributed by atoms with Crippen LogP contribution in [-0.4, -0.2) is 19.1 Å². The average Bonchev–Trinajstić information content (AvgIpc) is 2.31. The van der Waals surface area contributed by atoms with Gasteiger partial charge in [0.2, 0.25) is 0 Å². The van der Waals surface area contributed by atoms with Crippen LogP contribution in [0.5, 0.6) is 5.75 Å². The minimum atomic E-state index is -0.115. The van der Waals surface area contributed by atoms with Crippen molar-refractivity contribution in [2.75, 3.05) is 13.2 Å². The summed E-state index contributed by atoms with van der Waals surface area (Å²) in [7, 11) is 0. The third kappa shape index (κ3) is 5.09. The molecular weight excluding hydrogens is 238 g/mol. The summed E-state index contributed by atoms with van der Waals surface area (Å²) in [6.45, 7) is 4.73. The highest BCUT2D eigenvalue weighted by atomic mass is 35.5. The van der Waals surface area contributed by atoms with Gasteiger partial charge in [-0.2, -0.15) is 0 Å². The lowest BCUT2D eigenvalue weighted by atomic mass is 10.2. The molecule has 0 aliphatic heterocycles. The predicted octanol–water partition coefficient (Wildman–Crippen LogP) is 2.94. The van der Waals surface area contributed by atoms with E-state index in [1.165, 1.54) is 0 Å². The van der Waals surface area contributed by atoms with Gasteiger partial charge >= 0.3 is 0 Å². The zero-order chi connectivity index (χ0) is 12.7. The molecule has 0 saturated carbocycles. The summed E-state index contributed by atoms with van der Waals surface area (Å²) in [4.78, 5) is 11.4. The molecule has 0 aliphatic carbocycles. The average molecular weight is 256 g/mol. The first-order valence-electron chi connectivity index (χ1n) is 5.79. The van der Waals surface area contributed by atoms with E-state index in [1.54, 1.807) is 6.07 Å². The Morgan fingerprint density at radius 2 is 2.24 bits per heavy atom. The molecule has 3 nitrogen and oxygen atoms in total. The van der Waals surface area contributed by atoms with Crippen molar-refractivity contribution in [3.8, 4) is 5.75 Å². The van der Waals surface area contributed by atoms with Gasteiger partial charge in [-0.05, 0) is 31.0 Å². The highest BCUT2D eigenvalue weighted by Gasteiger charge is 2.05. The van der Waals surface area contributed by atoms with Crippen molar-refractivity contribution < 1.29 is 9.53 Å². The van der Waals surface area contributed by atoms with Crippen molar-refractivity contribution in [3.63, 3.8) is 0 Å². The molecule has 4 heteroatoms. The second-order valence-corrected chi connectivity index (χ2v) is 4.33. The molecule has 17 heavy (non-hydrogen) atoms. The second-order valence-electron chi connectivity index (χ2n) is 3.93. The van der Waals surface area contributed by atoms with E-state index in [2.05, 4.69) is 12.2 Å². The largest absolute Gasteiger partial charge is 0.482 e. The maximum Gasteiger partial charge on any atom is 0.257 e. The molecule has 1 aromatic carbocycles. The number of benzene rings is 1. The minimum Gasteiger partial charge on any atom is -0.482 e. The number of nitrogens with one attached hydrogen (secondary N) is 1. The van der Waals surface area contributed by atoms with Crippen molar-refractivity contribution in [2.24, 2.45) is 0 Å². The molecular formula is C13H18ClNO2. The molecule has 0 bridgehead atoms. The molecule has 0 spiro atoms. The topological polar surface area (TPSA) is 38.3 Å². The van der Waals surface area contributed by atoms with Gasteiger partial charge in [0.15, 0.2) is 6.61 Å². The van der Waals surface area contributed by atoms with Gasteiger partial charge in [0, 0.05) is 6.54 Å². The number of ether oxygens (including phenoxy) is 1. The van der Waals surface area contributed by atoms with Crippen molar-refractivity contribution >= 4 is 17.5 Å². The van der Waals surface area contributed by atoms with E-state index >= 15 is 0 Å². The molecule has 0 heterocycles. The number of rotatable bonds is 6. The lowest BCUT2D eigenvalue weighted by Gasteiger charge is -2.09. The van der Waals surface area contributed by atoms with E-state index in [0.29, 0.717) is 17.3 Å². The first-order chi connectivity index (χ1) is 8.13. The minimum absolute atomic E-state index is 0.00683. The molecule has 0 unspecified atom stereocenters. The number of amides is 1. The van der Waals surface area contributed by atoms with Crippen LogP contribution in [0.1, 0.15) is 25.3 Å². The molecule has 1 rings (SSSR count). The van der Waals surface area contributed by atoms with Gasteiger partial charge in [-0.3, -0.25) is 4.79 Å². The number of carbonyl (C=O) groups excluding carboxylic acids is 1. The first kappa shape index (κ1) is 13.8. The highest BCUT2D eigenvalue weighted by molar-refractivity contribution is 6.32. The Kier molecular flexibility index (Phi) is 5.84. The number of halogens is 1. The SMILES string of the molecule is CCCCNC(=O)COc1cc(C)ccc1Cl. The highest BCUT2D eigenvalue weighted by Crippen LogP contribution is 2.24. The fraction of sp³-hybridized carbons (Fsp3) is 0.462. The fourth-order valence-electron chi connectivity index (χ4n) is 1.32. The molecule has 0 atom stereocenters. The Bertz CT molecular complexity index is 380. The molecule has 1 aromatic rings. The maximum absolute atomic E-state index is 11.4. The number of hydrogen-bond acceptors (Lipinski definition) is 2. The predicted molar refractivity (Wildman–Crippen MR) is 69.6 cm³/mol. The van der Waals surface area contributed by atoms with Gasteiger partial charge in [-0.25, -0.2) is 0 Å². The molecule has 0 aliphatic rings. The van der Waals surface area contributed by atoms with E-state index < -0.39 is 0 Å². The zero-order valence-electron chi connectivity index (χ0n) is 10.3. The normalized spacial score (nSPS) is 10.1. The van der Waals surface area contributed by atoms with Crippen LogP contribution in [0.4, 0.5) is 0 Å². The van der Waals surface area contributed by atoms with Crippen LogP contribution in [0, 0.1) is 6.92 Å². The van der Waals surface area contributed by atoms with Crippen LogP contribution in [0.2, 0.25) is 5.02 Å². The van der Waals surface area contributed by atoms with Gasteiger partial charge in [-0.15, -0.1) is 0 Å². The van der Waals surface area contributed by atoms with Gasteiger partial charge in [-0.1, -0.05) is 31.0 Å². The van der Waals surface area contributed by atoms with Crippen LogP contribution >= 0.6 is 11.6 Å². The fourth-order valence-corrected chi connectivity index (χ4v) is 1.49. The van der Waals surface area contributed by atoms with Gasteiger partial charge in [0.05, 0.1) is 5.02 Å². The van der Waals surface area contributed by atoms with E-state index in [-0.39, 0.29) is 12.5 Å². The van der Waals surface area contributed by atoms with E-state index in [1.807, 2.05) is 19.1 Å². The van der Waals surface area contributed by atoms with Crippen molar-refractivity contribution in [2.45, 2.75) is 26.7 Å². The van der Waals surface area contributed by atoms with Gasteiger partial charge < -0.3 is 10.1 Å². The second kappa shape index (κ2) is 7.17. The number of carbonyl (C=O) groups is 1. The smallest absolute Gasteiger partial charge is 0.257 e. The molecule has 1 amide bonds. The summed E-state index contributed by atoms with van der Waals surface area (Å²) in [5.74, 6) is 0.438. The molecule has 0 saturated heterocycles. The lowest BCUT2D eigenvalue weighted by molar-refractivity contribution is -0.123. The first-order valence-corrected chi connectivity index (χ1v) is 6.17. The van der Waals surface area contributed by atoms with E-state index in [4.69, 9.17) is 16.3 Å². The van der Waals surface area contributed by atoms with Crippen LogP contribution in [0.15, 0.2) is 18.2 Å². The number of hydrogen-bond donors (Lipinski definition) is 1. The van der Waals surface area contributed by atoms with E-state index in [0.717, 1.165) is 18.4 Å². The molecule has 0 radical (unpaired) electrons. The van der Waals surface area contributed by atoms with Crippen molar-refractivity contribution in [3.05, 3.63) is 28.8 Å². The quantitative estimate of drug-likeness (QED) is 0.794. The van der Waals surface area contributed by atoms with Crippen LogP contribution < -0.4 is 10.1 Å². The molecule has 0 fully saturated rings. The Balaban J connectivity index is 2.39. The van der Waals surface area contributed by atoms with Crippen LogP contribution in [0.3, 0.4) is 0 Å². The Morgan fingerprint density at radius 1 is 1.47 bits per heavy atom. The molecule has 0 aromatic heterocycles. The summed E-state index contributed by atoms with van der Waals surface area (Å²) >= 11 is 5.95. The Labute approximate surface area is 107 Å². The molecule has 1 N–H and O–H groups in total. The monoisotopic (exact) mass is 255 g/mol. The van der Waals surface area contributed by atoms with Crippen molar-refractivity contribution in [1.82, 2.24) is 5.32 Å². The van der Waals surface area contributed by atoms with Crippen LogP contribution in [0.25, 0.3) is 0 Å². The third-order valence-corrected chi connectivity index (χ3v) is 2.61.